The summed E-state index contributed by atoms with van der Waals surface area (Å²) in [7, 11) is 0. The molecule has 1 aliphatic heterocycles. The largest absolute Gasteiger partial charge is 0.393 e. The molecule has 0 spiro atoms. The normalized spacial score (nSPS) is 32.7. The molecule has 0 unspecified atom stereocenters. The lowest BCUT2D eigenvalue weighted by Crippen LogP contribution is -2.37. The van der Waals surface area contributed by atoms with Gasteiger partial charge in [-0.1, -0.05) is 5.23 Å². The van der Waals surface area contributed by atoms with Crippen LogP contribution in [0, 0.1) is 0 Å². The lowest BCUT2D eigenvalue weighted by atomic mass is 9.93. The average Bonchev–Trinajstić information content (AvgIpc) is 2.47. The first-order chi connectivity index (χ1) is 7.09. The van der Waals surface area contributed by atoms with Crippen LogP contribution in [-0.2, 0) is 4.94 Å². The van der Waals surface area contributed by atoms with E-state index in [0.29, 0.717) is 5.23 Å². The summed E-state index contributed by atoms with van der Waals surface area (Å²) in [5, 5.41) is 20.9. The molecule has 0 atom stereocenters. The van der Waals surface area contributed by atoms with Crippen LogP contribution in [0.2, 0.25) is 0 Å². The number of hydrogen-bond donors (Lipinski definition) is 3. The molecular weight excluding hydrogens is 198 g/mol. The van der Waals surface area contributed by atoms with Gasteiger partial charge in [-0.05, 0) is 32.6 Å². The van der Waals surface area contributed by atoms with Gasteiger partial charge in [0, 0.05) is 0 Å². The van der Waals surface area contributed by atoms with E-state index in [1.54, 1.807) is 12.0 Å². The van der Waals surface area contributed by atoms with Gasteiger partial charge in [0.05, 0.1) is 17.8 Å². The molecule has 0 aromatic carbocycles. The zero-order valence-electron chi connectivity index (χ0n) is 8.76. The van der Waals surface area contributed by atoms with Crippen molar-refractivity contribution in [3.8, 4) is 0 Å². The molecule has 0 radical (unpaired) electrons. The summed E-state index contributed by atoms with van der Waals surface area (Å²) in [6.07, 6.45) is 3.03. The van der Waals surface area contributed by atoms with E-state index in [9.17, 15) is 10.3 Å². The molecule has 2 aliphatic rings. The Morgan fingerprint density at radius 2 is 1.93 bits per heavy atom. The highest BCUT2D eigenvalue weighted by atomic mass is 17.0. The van der Waals surface area contributed by atoms with Crippen LogP contribution in [0.5, 0.6) is 0 Å². The van der Waals surface area contributed by atoms with Gasteiger partial charge in [0.1, 0.15) is 0 Å². The summed E-state index contributed by atoms with van der Waals surface area (Å²) < 4.78 is 0. The summed E-state index contributed by atoms with van der Waals surface area (Å²) in [6.45, 7) is 1.80. The van der Waals surface area contributed by atoms with Crippen LogP contribution in [-0.4, -0.2) is 32.7 Å². The first-order valence-electron chi connectivity index (χ1n) is 5.20. The zero-order valence-corrected chi connectivity index (χ0v) is 8.76. The van der Waals surface area contributed by atoms with E-state index < -0.39 is 0 Å². The molecule has 0 saturated heterocycles. The lowest BCUT2D eigenvalue weighted by Gasteiger charge is -2.32. The highest BCUT2D eigenvalue weighted by Crippen LogP contribution is 2.30. The van der Waals surface area contributed by atoms with Crippen LogP contribution >= 0.6 is 0 Å². The van der Waals surface area contributed by atoms with Crippen molar-refractivity contribution in [2.75, 3.05) is 0 Å². The summed E-state index contributed by atoms with van der Waals surface area (Å²) in [5.41, 5.74) is 6.31. The van der Waals surface area contributed by atoms with E-state index in [1.165, 1.54) is 0 Å². The molecule has 2 rings (SSSR count). The maximum absolute atomic E-state index is 9.38. The van der Waals surface area contributed by atoms with Crippen LogP contribution in [0.25, 0.3) is 0 Å². The van der Waals surface area contributed by atoms with Crippen molar-refractivity contribution >= 4 is 0 Å². The standard InChI is InChI=1S/C9H17N3O3/c1-6-9(10)12(14)15-11(6)7-2-4-8(13)5-3-7/h7-8,13-14H,2-5,10H2,1H3. The number of aliphatic hydroxyl groups is 1. The maximum Gasteiger partial charge on any atom is 0.178 e. The molecule has 86 valence electrons. The van der Waals surface area contributed by atoms with Crippen LogP contribution in [0.15, 0.2) is 11.5 Å². The number of aliphatic hydroxyl groups excluding tert-OH is 1. The fourth-order valence-corrected chi connectivity index (χ4v) is 2.07. The van der Waals surface area contributed by atoms with Gasteiger partial charge >= 0.3 is 0 Å². The number of allylic oxidation sites excluding steroid dienone is 1. The van der Waals surface area contributed by atoms with E-state index >= 15 is 0 Å². The van der Waals surface area contributed by atoms with Crippen molar-refractivity contribution in [2.45, 2.75) is 44.8 Å². The number of nitrogens with two attached hydrogens (primary N) is 1. The van der Waals surface area contributed by atoms with Crippen molar-refractivity contribution in [3.05, 3.63) is 11.5 Å². The van der Waals surface area contributed by atoms with Crippen LogP contribution in [0.4, 0.5) is 0 Å². The van der Waals surface area contributed by atoms with Gasteiger partial charge in [-0.15, -0.1) is 4.94 Å². The average molecular weight is 215 g/mol. The Morgan fingerprint density at radius 1 is 1.33 bits per heavy atom. The molecule has 0 amide bonds. The van der Waals surface area contributed by atoms with E-state index in [-0.39, 0.29) is 18.0 Å². The van der Waals surface area contributed by atoms with Crippen LogP contribution in [0.3, 0.4) is 0 Å². The second-order valence-electron chi connectivity index (χ2n) is 4.11. The lowest BCUT2D eigenvalue weighted by molar-refractivity contribution is -0.398. The third-order valence-electron chi connectivity index (χ3n) is 3.07. The molecule has 1 aliphatic carbocycles. The third-order valence-corrected chi connectivity index (χ3v) is 3.07. The highest BCUT2D eigenvalue weighted by Gasteiger charge is 2.33. The minimum atomic E-state index is -0.198. The van der Waals surface area contributed by atoms with Gasteiger partial charge in [0.15, 0.2) is 5.82 Å². The molecule has 4 N–H and O–H groups in total. The fraction of sp³-hybridized carbons (Fsp3) is 0.778. The quantitative estimate of drug-likeness (QED) is 0.583. The number of nitrogens with zero attached hydrogens (tertiary/aromatic N) is 2. The summed E-state index contributed by atoms with van der Waals surface area (Å²) >= 11 is 0. The number of hydroxylamine groups is 4. The minimum Gasteiger partial charge on any atom is -0.393 e. The second kappa shape index (κ2) is 3.88. The van der Waals surface area contributed by atoms with Gasteiger partial charge < -0.3 is 10.8 Å². The van der Waals surface area contributed by atoms with Gasteiger partial charge in [-0.3, -0.25) is 5.21 Å². The van der Waals surface area contributed by atoms with Gasteiger partial charge in [-0.2, -0.15) is 0 Å². The predicted octanol–water partition coefficient (Wildman–Crippen LogP) is 0.291. The van der Waals surface area contributed by atoms with E-state index in [4.69, 9.17) is 10.7 Å². The van der Waals surface area contributed by atoms with E-state index in [2.05, 4.69) is 0 Å². The second-order valence-corrected chi connectivity index (χ2v) is 4.11. The summed E-state index contributed by atoms with van der Waals surface area (Å²) in [6, 6.07) is 0.184. The smallest absolute Gasteiger partial charge is 0.178 e. The zero-order chi connectivity index (χ0) is 11.0. The SMILES string of the molecule is CC1=C(N)N(O)ON1C1CCC(O)CC1. The molecular formula is C9H17N3O3. The maximum atomic E-state index is 9.38. The topological polar surface area (TPSA) is 82.2 Å². The molecule has 1 heterocycles. The van der Waals surface area contributed by atoms with Gasteiger partial charge in [0.25, 0.3) is 0 Å². The summed E-state index contributed by atoms with van der Waals surface area (Å²) in [4.78, 5) is 5.10. The van der Waals surface area contributed by atoms with E-state index in [0.717, 1.165) is 31.4 Å². The molecule has 0 aromatic rings. The molecule has 1 saturated carbocycles. The molecule has 1 fully saturated rings. The predicted molar refractivity (Wildman–Crippen MR) is 51.7 cm³/mol. The Kier molecular flexibility index (Phi) is 2.72. The molecule has 6 nitrogen and oxygen atoms in total. The van der Waals surface area contributed by atoms with Gasteiger partial charge in [0.2, 0.25) is 0 Å². The monoisotopic (exact) mass is 215 g/mol. The Hall–Kier alpha value is -0.980. The molecule has 0 aromatic heterocycles. The Balaban J connectivity index is 2.01. The van der Waals surface area contributed by atoms with Crippen LogP contribution in [0.1, 0.15) is 32.6 Å². The first kappa shape index (κ1) is 10.5. The van der Waals surface area contributed by atoms with Gasteiger partial charge in [-0.25, -0.2) is 5.06 Å². The van der Waals surface area contributed by atoms with Crippen molar-refractivity contribution < 1.29 is 15.3 Å². The molecule has 6 heteroatoms. The van der Waals surface area contributed by atoms with E-state index in [1.807, 2.05) is 0 Å². The first-order valence-corrected chi connectivity index (χ1v) is 5.20. The van der Waals surface area contributed by atoms with Crippen molar-refractivity contribution in [3.63, 3.8) is 0 Å². The summed E-state index contributed by atoms with van der Waals surface area (Å²) in [5.74, 6) is 0.223. The Bertz CT molecular complexity index is 274. The fourth-order valence-electron chi connectivity index (χ4n) is 2.07. The Labute approximate surface area is 88.4 Å². The number of hydrogen-bond acceptors (Lipinski definition) is 6. The third kappa shape index (κ3) is 1.88. The van der Waals surface area contributed by atoms with Crippen molar-refractivity contribution in [1.82, 2.24) is 10.3 Å². The minimum absolute atomic E-state index is 0.184. The molecule has 0 bridgehead atoms. The highest BCUT2D eigenvalue weighted by molar-refractivity contribution is 5.06. The van der Waals surface area contributed by atoms with Crippen molar-refractivity contribution in [1.29, 1.82) is 0 Å². The van der Waals surface area contributed by atoms with Crippen LogP contribution < -0.4 is 5.73 Å². The number of rotatable bonds is 1. The van der Waals surface area contributed by atoms with Crippen molar-refractivity contribution in [2.24, 2.45) is 5.73 Å². The Morgan fingerprint density at radius 3 is 2.40 bits per heavy atom. The molecule has 15 heavy (non-hydrogen) atoms.